The molecule has 0 aliphatic carbocycles. The van der Waals surface area contributed by atoms with Crippen LogP contribution in [0.5, 0.6) is 0 Å². The molecule has 0 saturated carbocycles. The Bertz CT molecular complexity index is 1530. The van der Waals surface area contributed by atoms with E-state index in [9.17, 15) is 22.4 Å². The molecule has 10 heteroatoms. The summed E-state index contributed by atoms with van der Waals surface area (Å²) in [6.07, 6.45) is 7.08. The third-order valence-electron chi connectivity index (χ3n) is 5.92. The number of carbonyl (C=O) groups excluding carboxylic acids is 2. The number of halogens is 1. The fourth-order valence-electron chi connectivity index (χ4n) is 3.87. The second-order valence-corrected chi connectivity index (χ2v) is 10.2. The van der Waals surface area contributed by atoms with Crippen molar-refractivity contribution in [1.82, 2.24) is 19.3 Å². The van der Waals surface area contributed by atoms with Crippen LogP contribution in [-0.2, 0) is 16.3 Å². The summed E-state index contributed by atoms with van der Waals surface area (Å²) >= 11 is 0. The first kappa shape index (κ1) is 25.2. The lowest BCUT2D eigenvalue weighted by atomic mass is 10.0. The second kappa shape index (κ2) is 10.4. The molecule has 0 N–H and O–H groups in total. The molecule has 2 heterocycles. The molecule has 186 valence electrons. The topological polar surface area (TPSA) is 102 Å². The Morgan fingerprint density at radius 2 is 1.69 bits per heavy atom. The number of amides is 1. The van der Waals surface area contributed by atoms with Gasteiger partial charge in [-0.15, -0.1) is 0 Å². The van der Waals surface area contributed by atoms with Crippen molar-refractivity contribution in [3.05, 3.63) is 89.8 Å². The highest BCUT2D eigenvalue weighted by Gasteiger charge is 2.22. The van der Waals surface area contributed by atoms with Gasteiger partial charge >= 0.3 is 0 Å². The molecule has 8 nitrogen and oxygen atoms in total. The Hall–Kier alpha value is -3.92. The van der Waals surface area contributed by atoms with Gasteiger partial charge in [0.15, 0.2) is 5.78 Å². The first-order valence-electron chi connectivity index (χ1n) is 11.5. The number of aryl methyl sites for hydroxylation is 1. The van der Waals surface area contributed by atoms with Gasteiger partial charge in [-0.05, 0) is 56.2 Å². The van der Waals surface area contributed by atoms with Crippen LogP contribution in [0.1, 0.15) is 46.5 Å². The van der Waals surface area contributed by atoms with Crippen molar-refractivity contribution in [2.75, 3.05) is 13.1 Å². The first-order chi connectivity index (χ1) is 17.2. The van der Waals surface area contributed by atoms with Crippen molar-refractivity contribution in [3.8, 4) is 0 Å². The molecule has 0 aliphatic heterocycles. The highest BCUT2D eigenvalue weighted by Crippen LogP contribution is 2.24. The number of ketones is 1. The molecule has 0 fully saturated rings. The van der Waals surface area contributed by atoms with Gasteiger partial charge < -0.3 is 4.90 Å². The van der Waals surface area contributed by atoms with Gasteiger partial charge in [-0.25, -0.2) is 22.8 Å². The van der Waals surface area contributed by atoms with Gasteiger partial charge in [0.05, 0.1) is 15.4 Å². The summed E-state index contributed by atoms with van der Waals surface area (Å²) < 4.78 is 42.3. The fraction of sp³-hybridized carbons (Fsp3) is 0.231. The van der Waals surface area contributed by atoms with E-state index in [0.717, 1.165) is 17.7 Å². The molecule has 0 unspecified atom stereocenters. The van der Waals surface area contributed by atoms with Crippen LogP contribution in [0.15, 0.2) is 77.0 Å². The Morgan fingerprint density at radius 3 is 2.39 bits per heavy atom. The lowest BCUT2D eigenvalue weighted by molar-refractivity contribution is 0.0772. The maximum atomic E-state index is 14.3. The van der Waals surface area contributed by atoms with Crippen molar-refractivity contribution in [2.24, 2.45) is 0 Å². The van der Waals surface area contributed by atoms with Crippen molar-refractivity contribution in [1.29, 1.82) is 0 Å². The van der Waals surface area contributed by atoms with Gasteiger partial charge in [-0.3, -0.25) is 14.0 Å². The van der Waals surface area contributed by atoms with E-state index < -0.39 is 21.6 Å². The van der Waals surface area contributed by atoms with Gasteiger partial charge in [-0.1, -0.05) is 12.1 Å². The highest BCUT2D eigenvalue weighted by atomic mass is 32.2. The Balaban J connectivity index is 1.49. The zero-order valence-electron chi connectivity index (χ0n) is 19.9. The number of benzene rings is 2. The lowest BCUT2D eigenvalue weighted by Gasteiger charge is -2.19. The molecule has 1 amide bonds. The van der Waals surface area contributed by atoms with E-state index in [1.54, 1.807) is 49.0 Å². The minimum absolute atomic E-state index is 0.0178. The molecule has 0 bridgehead atoms. The molecule has 2 aromatic heterocycles. The summed E-state index contributed by atoms with van der Waals surface area (Å²) in [5.74, 6) is -0.824. The zero-order valence-corrected chi connectivity index (χ0v) is 20.7. The van der Waals surface area contributed by atoms with Gasteiger partial charge in [0, 0.05) is 49.9 Å². The van der Waals surface area contributed by atoms with Crippen LogP contribution in [-0.4, -0.2) is 52.5 Å². The Kier molecular flexibility index (Phi) is 7.25. The van der Waals surface area contributed by atoms with E-state index in [2.05, 4.69) is 9.97 Å². The molecule has 4 rings (SSSR count). The fourth-order valence-corrected chi connectivity index (χ4v) is 5.19. The predicted octanol–water partition coefficient (Wildman–Crippen LogP) is 4.00. The number of rotatable bonds is 9. The van der Waals surface area contributed by atoms with Crippen LogP contribution in [0, 0.1) is 5.82 Å². The van der Waals surface area contributed by atoms with Crippen molar-refractivity contribution in [3.63, 3.8) is 0 Å². The number of nitrogens with zero attached hydrogens (tertiary/aromatic N) is 4. The average molecular weight is 509 g/mol. The lowest BCUT2D eigenvalue weighted by Crippen LogP contribution is -2.30. The number of fused-ring (bicyclic) bond motifs is 1. The number of Topliss-reactive ketones (excluding diaryl/α,β-unsaturated/α-hetero) is 1. The minimum atomic E-state index is -4.06. The SMILES string of the molecule is CCN(CC)C(=O)c1cc(F)cc(S(=O)(=O)c2ccc(CCC(=O)c3cnc4nccn4c3)cc2)c1. The van der Waals surface area contributed by atoms with Crippen LogP contribution in [0.4, 0.5) is 4.39 Å². The van der Waals surface area contributed by atoms with Crippen molar-refractivity contribution < 1.29 is 22.4 Å². The summed E-state index contributed by atoms with van der Waals surface area (Å²) in [5, 5.41) is 0. The summed E-state index contributed by atoms with van der Waals surface area (Å²) in [6.45, 7) is 4.43. The van der Waals surface area contributed by atoms with Gasteiger partial charge in [0.25, 0.3) is 5.91 Å². The molecule has 0 aliphatic rings. The number of hydrogen-bond donors (Lipinski definition) is 0. The van der Waals surface area contributed by atoms with Gasteiger partial charge in [-0.2, -0.15) is 0 Å². The van der Waals surface area contributed by atoms with Crippen molar-refractivity contribution >= 4 is 27.3 Å². The molecular formula is C26H25FN4O4S. The number of sulfone groups is 1. The second-order valence-electron chi connectivity index (χ2n) is 8.20. The average Bonchev–Trinajstić information content (AvgIpc) is 3.36. The van der Waals surface area contributed by atoms with Crippen LogP contribution >= 0.6 is 0 Å². The van der Waals surface area contributed by atoms with Gasteiger partial charge in [0.2, 0.25) is 15.6 Å². The van der Waals surface area contributed by atoms with Gasteiger partial charge in [0.1, 0.15) is 5.82 Å². The van der Waals surface area contributed by atoms with E-state index in [1.165, 1.54) is 29.3 Å². The van der Waals surface area contributed by atoms with E-state index in [1.807, 2.05) is 0 Å². The molecular weight excluding hydrogens is 483 g/mol. The number of carbonyl (C=O) groups is 2. The first-order valence-corrected chi connectivity index (χ1v) is 13.0. The number of aromatic nitrogens is 3. The Labute approximate surface area is 208 Å². The largest absolute Gasteiger partial charge is 0.339 e. The predicted molar refractivity (Wildman–Crippen MR) is 131 cm³/mol. The summed E-state index contributed by atoms with van der Waals surface area (Å²) in [5.41, 5.74) is 1.22. The minimum Gasteiger partial charge on any atom is -0.339 e. The highest BCUT2D eigenvalue weighted by molar-refractivity contribution is 7.91. The third-order valence-corrected chi connectivity index (χ3v) is 7.67. The standard InChI is InChI=1S/C26H25FN4O4S/c1-3-30(4-2)25(33)19-13-21(27)15-23(14-19)36(34,35)22-8-5-18(6-9-22)7-10-24(32)20-16-29-26-28-11-12-31(26)17-20/h5-6,8-9,11-17H,3-4,7,10H2,1-2H3. The molecule has 36 heavy (non-hydrogen) atoms. The summed E-state index contributed by atoms with van der Waals surface area (Å²) in [4.78, 5) is 34.6. The number of hydrogen-bond acceptors (Lipinski definition) is 6. The van der Waals surface area contributed by atoms with Crippen LogP contribution in [0.2, 0.25) is 0 Å². The zero-order chi connectivity index (χ0) is 25.9. The van der Waals surface area contributed by atoms with E-state index >= 15 is 0 Å². The molecule has 4 aromatic rings. The Morgan fingerprint density at radius 1 is 0.972 bits per heavy atom. The molecule has 0 radical (unpaired) electrons. The summed E-state index contributed by atoms with van der Waals surface area (Å²) in [7, 11) is -4.06. The normalized spacial score (nSPS) is 11.5. The molecule has 2 aromatic carbocycles. The van der Waals surface area contributed by atoms with E-state index in [-0.39, 0.29) is 27.6 Å². The third kappa shape index (κ3) is 5.18. The molecule has 0 atom stereocenters. The molecule has 0 saturated heterocycles. The number of imidazole rings is 1. The monoisotopic (exact) mass is 508 g/mol. The summed E-state index contributed by atoms with van der Waals surface area (Å²) in [6, 6.07) is 9.25. The smallest absolute Gasteiger partial charge is 0.253 e. The molecule has 0 spiro atoms. The quantitative estimate of drug-likeness (QED) is 0.317. The maximum Gasteiger partial charge on any atom is 0.253 e. The van der Waals surface area contributed by atoms with Crippen molar-refractivity contribution in [2.45, 2.75) is 36.5 Å². The van der Waals surface area contributed by atoms with Crippen LogP contribution in [0.3, 0.4) is 0 Å². The van der Waals surface area contributed by atoms with E-state index in [0.29, 0.717) is 30.9 Å². The maximum absolute atomic E-state index is 14.3. The van der Waals surface area contributed by atoms with Crippen LogP contribution < -0.4 is 0 Å². The van der Waals surface area contributed by atoms with Crippen LogP contribution in [0.25, 0.3) is 5.78 Å². The van der Waals surface area contributed by atoms with E-state index in [4.69, 9.17) is 0 Å².